The molecule has 5 heteroatoms. The van der Waals surface area contributed by atoms with E-state index in [1.165, 1.54) is 19.3 Å². The highest BCUT2D eigenvalue weighted by atomic mass is 32.1. The van der Waals surface area contributed by atoms with Crippen molar-refractivity contribution in [3.63, 3.8) is 0 Å². The van der Waals surface area contributed by atoms with Crippen LogP contribution in [-0.4, -0.2) is 38.8 Å². The molecule has 1 aliphatic rings. The van der Waals surface area contributed by atoms with Crippen LogP contribution in [0.5, 0.6) is 0 Å². The molecule has 0 radical (unpaired) electrons. The summed E-state index contributed by atoms with van der Waals surface area (Å²) in [4.78, 5) is 19.4. The summed E-state index contributed by atoms with van der Waals surface area (Å²) in [6.45, 7) is 0.677. The van der Waals surface area contributed by atoms with Crippen LogP contribution in [0.25, 0.3) is 11.0 Å². The number of aromatic nitrogens is 2. The molecule has 0 atom stereocenters. The van der Waals surface area contributed by atoms with Crippen LogP contribution in [-0.2, 0) is 6.54 Å². The number of hydrogen-bond donors (Lipinski definition) is 0. The van der Waals surface area contributed by atoms with E-state index in [1.807, 2.05) is 54.4 Å². The minimum atomic E-state index is 0.117. The molecule has 1 aliphatic carbocycles. The molecule has 1 fully saturated rings. The number of rotatable bonds is 5. The molecule has 1 aromatic heterocycles. The third-order valence-electron chi connectivity index (χ3n) is 5.77. The van der Waals surface area contributed by atoms with Crippen molar-refractivity contribution < 1.29 is 4.79 Å². The smallest absolute Gasteiger partial charge is 0.253 e. The lowest BCUT2D eigenvalue weighted by molar-refractivity contribution is 0.0696. The zero-order valence-corrected chi connectivity index (χ0v) is 17.0. The van der Waals surface area contributed by atoms with E-state index < -0.39 is 0 Å². The number of nitrogens with zero attached hydrogens (tertiary/aromatic N) is 3. The van der Waals surface area contributed by atoms with Crippen molar-refractivity contribution >= 4 is 34.5 Å². The Labute approximate surface area is 171 Å². The number of amides is 1. The number of imidazole rings is 1. The molecule has 0 saturated heterocycles. The molecule has 0 aliphatic heterocycles. The first-order valence-corrected chi connectivity index (χ1v) is 10.4. The Bertz CT molecular complexity index is 987. The van der Waals surface area contributed by atoms with Crippen molar-refractivity contribution in [1.29, 1.82) is 0 Å². The Kier molecular flexibility index (Phi) is 5.53. The lowest BCUT2D eigenvalue weighted by Crippen LogP contribution is -2.38. The molecule has 4 nitrogen and oxygen atoms in total. The SMILES string of the molecule is CN(C(=O)c1ccc(Cn2c(C=S)nc3ccccc32)cc1)C1CCCCC1. The third kappa shape index (κ3) is 3.72. The van der Waals surface area contributed by atoms with E-state index in [4.69, 9.17) is 12.2 Å². The Hall–Kier alpha value is -2.53. The third-order valence-corrected chi connectivity index (χ3v) is 5.98. The van der Waals surface area contributed by atoms with Gasteiger partial charge in [0.1, 0.15) is 5.82 Å². The van der Waals surface area contributed by atoms with E-state index in [2.05, 4.69) is 15.6 Å². The molecular weight excluding hydrogens is 366 g/mol. The number of para-hydroxylation sites is 2. The fourth-order valence-electron chi connectivity index (χ4n) is 4.12. The number of thiocarbonyl (C=S) groups is 1. The van der Waals surface area contributed by atoms with Gasteiger partial charge in [-0.05, 0) is 42.7 Å². The summed E-state index contributed by atoms with van der Waals surface area (Å²) < 4.78 is 2.12. The zero-order chi connectivity index (χ0) is 19.5. The zero-order valence-electron chi connectivity index (χ0n) is 16.2. The molecule has 1 amide bonds. The molecule has 28 heavy (non-hydrogen) atoms. The van der Waals surface area contributed by atoms with Gasteiger partial charge in [0.25, 0.3) is 5.91 Å². The van der Waals surface area contributed by atoms with Crippen LogP contribution in [0.4, 0.5) is 0 Å². The van der Waals surface area contributed by atoms with Crippen molar-refractivity contribution in [1.82, 2.24) is 14.5 Å². The first kappa shape index (κ1) is 18.8. The van der Waals surface area contributed by atoms with Gasteiger partial charge in [-0.3, -0.25) is 4.79 Å². The fourth-order valence-corrected chi connectivity index (χ4v) is 4.30. The highest BCUT2D eigenvalue weighted by Crippen LogP contribution is 2.23. The summed E-state index contributed by atoms with van der Waals surface area (Å²) in [5, 5.41) is 1.62. The molecule has 4 rings (SSSR count). The number of benzene rings is 2. The van der Waals surface area contributed by atoms with Crippen LogP contribution in [0, 0.1) is 0 Å². The quantitative estimate of drug-likeness (QED) is 0.584. The number of hydrogen-bond acceptors (Lipinski definition) is 3. The Morgan fingerprint density at radius 1 is 1.14 bits per heavy atom. The van der Waals surface area contributed by atoms with Crippen molar-refractivity contribution in [2.45, 2.75) is 44.7 Å². The van der Waals surface area contributed by atoms with Crippen LogP contribution in [0.2, 0.25) is 0 Å². The molecular formula is C23H25N3OS. The van der Waals surface area contributed by atoms with Crippen LogP contribution < -0.4 is 0 Å². The predicted molar refractivity (Wildman–Crippen MR) is 117 cm³/mol. The van der Waals surface area contributed by atoms with Gasteiger partial charge in [0.2, 0.25) is 0 Å². The van der Waals surface area contributed by atoms with E-state index in [0.29, 0.717) is 12.6 Å². The summed E-state index contributed by atoms with van der Waals surface area (Å²) in [7, 11) is 1.94. The van der Waals surface area contributed by atoms with E-state index in [0.717, 1.165) is 40.8 Å². The van der Waals surface area contributed by atoms with Gasteiger partial charge in [-0.15, -0.1) is 0 Å². The van der Waals surface area contributed by atoms with E-state index in [-0.39, 0.29) is 5.91 Å². The second kappa shape index (κ2) is 8.23. The van der Waals surface area contributed by atoms with E-state index >= 15 is 0 Å². The van der Waals surface area contributed by atoms with E-state index in [9.17, 15) is 4.79 Å². The second-order valence-electron chi connectivity index (χ2n) is 7.57. The molecule has 3 aromatic rings. The average molecular weight is 392 g/mol. The maximum atomic E-state index is 12.8. The van der Waals surface area contributed by atoms with Crippen molar-refractivity contribution in [3.8, 4) is 0 Å². The van der Waals surface area contributed by atoms with E-state index in [1.54, 1.807) is 5.37 Å². The van der Waals surface area contributed by atoms with Crippen molar-refractivity contribution in [3.05, 3.63) is 65.5 Å². The normalized spacial score (nSPS) is 14.9. The van der Waals surface area contributed by atoms with Gasteiger partial charge in [0, 0.05) is 30.6 Å². The number of fused-ring (bicyclic) bond motifs is 1. The maximum absolute atomic E-state index is 12.8. The van der Waals surface area contributed by atoms with Crippen LogP contribution in [0.3, 0.4) is 0 Å². The monoisotopic (exact) mass is 391 g/mol. The first-order chi connectivity index (χ1) is 13.7. The fraction of sp³-hybridized carbons (Fsp3) is 0.348. The molecule has 0 unspecified atom stereocenters. The minimum Gasteiger partial charge on any atom is -0.339 e. The van der Waals surface area contributed by atoms with Gasteiger partial charge >= 0.3 is 0 Å². The number of carbonyl (C=O) groups is 1. The molecule has 0 bridgehead atoms. The lowest BCUT2D eigenvalue weighted by Gasteiger charge is -2.31. The summed E-state index contributed by atoms with van der Waals surface area (Å²) in [6, 6.07) is 16.4. The van der Waals surface area contributed by atoms with Gasteiger partial charge < -0.3 is 9.47 Å². The predicted octanol–water partition coefficient (Wildman–Crippen LogP) is 4.84. The minimum absolute atomic E-state index is 0.117. The summed E-state index contributed by atoms with van der Waals surface area (Å²) in [5.41, 5.74) is 3.88. The highest BCUT2D eigenvalue weighted by molar-refractivity contribution is 7.79. The van der Waals surface area contributed by atoms with Crippen molar-refractivity contribution in [2.24, 2.45) is 0 Å². The second-order valence-corrected chi connectivity index (χ2v) is 7.80. The largest absolute Gasteiger partial charge is 0.339 e. The topological polar surface area (TPSA) is 38.1 Å². The van der Waals surface area contributed by atoms with Gasteiger partial charge in [0.05, 0.1) is 11.0 Å². The van der Waals surface area contributed by atoms with Gasteiger partial charge in [0.15, 0.2) is 0 Å². The highest BCUT2D eigenvalue weighted by Gasteiger charge is 2.22. The van der Waals surface area contributed by atoms with Gasteiger partial charge in [-0.1, -0.05) is 55.7 Å². The van der Waals surface area contributed by atoms with Crippen LogP contribution in [0.1, 0.15) is 53.8 Å². The summed E-state index contributed by atoms with van der Waals surface area (Å²) >= 11 is 5.15. The van der Waals surface area contributed by atoms with Crippen LogP contribution >= 0.6 is 12.2 Å². The Morgan fingerprint density at radius 2 is 1.86 bits per heavy atom. The molecule has 0 spiro atoms. The first-order valence-electron chi connectivity index (χ1n) is 9.94. The molecule has 2 aromatic carbocycles. The average Bonchev–Trinajstić information content (AvgIpc) is 3.11. The van der Waals surface area contributed by atoms with Gasteiger partial charge in [-0.2, -0.15) is 0 Å². The summed E-state index contributed by atoms with van der Waals surface area (Å²) in [6.07, 6.45) is 5.98. The van der Waals surface area contributed by atoms with Crippen molar-refractivity contribution in [2.75, 3.05) is 7.05 Å². The maximum Gasteiger partial charge on any atom is 0.253 e. The molecule has 144 valence electrons. The molecule has 1 heterocycles. The number of carbonyl (C=O) groups excluding carboxylic acids is 1. The lowest BCUT2D eigenvalue weighted by atomic mass is 9.94. The Morgan fingerprint density at radius 3 is 2.57 bits per heavy atom. The van der Waals surface area contributed by atoms with Gasteiger partial charge in [-0.25, -0.2) is 4.98 Å². The van der Waals surface area contributed by atoms with Crippen LogP contribution in [0.15, 0.2) is 48.5 Å². The standard InChI is InChI=1S/C23H25N3OS/c1-25(19-7-3-2-4-8-19)23(27)18-13-11-17(12-14-18)15-26-21-10-6-5-9-20(21)24-22(26)16-28/h5-6,9-14,16,19H,2-4,7-8,15H2,1H3. The molecule has 0 N–H and O–H groups in total. The Balaban J connectivity index is 1.52. The summed E-state index contributed by atoms with van der Waals surface area (Å²) in [5.74, 6) is 0.902. The molecule has 1 saturated carbocycles.